The molecule has 2 rings (SSSR count). The molecule has 5 nitrogen and oxygen atoms in total. The van der Waals surface area contributed by atoms with Gasteiger partial charge in [-0.25, -0.2) is 9.78 Å². The van der Waals surface area contributed by atoms with E-state index in [0.717, 1.165) is 35.8 Å². The second kappa shape index (κ2) is 10.6. The minimum atomic E-state index is -1.01. The molecule has 0 bridgehead atoms. The van der Waals surface area contributed by atoms with Gasteiger partial charge in [-0.15, -0.1) is 11.3 Å². The summed E-state index contributed by atoms with van der Waals surface area (Å²) in [5.74, 6) is 0.882. The third kappa shape index (κ3) is 7.33. The van der Waals surface area contributed by atoms with Crippen LogP contribution in [0.15, 0.2) is 21.9 Å². The zero-order valence-corrected chi connectivity index (χ0v) is 18.5. The summed E-state index contributed by atoms with van der Waals surface area (Å²) in [5.41, 5.74) is -0.615. The fourth-order valence-corrected chi connectivity index (χ4v) is 5.33. The van der Waals surface area contributed by atoms with Gasteiger partial charge in [0.2, 0.25) is 0 Å². The van der Waals surface area contributed by atoms with Gasteiger partial charge in [0.1, 0.15) is 5.78 Å². The lowest BCUT2D eigenvalue weighted by atomic mass is 9.89. The summed E-state index contributed by atoms with van der Waals surface area (Å²) in [5, 5.41) is 21.0. The summed E-state index contributed by atoms with van der Waals surface area (Å²) in [7, 11) is 0. The number of hydrogen-bond acceptors (Lipinski definition) is 6. The Morgan fingerprint density at radius 1 is 1.50 bits per heavy atom. The predicted molar refractivity (Wildman–Crippen MR) is 114 cm³/mol. The lowest BCUT2D eigenvalue weighted by Gasteiger charge is -2.23. The van der Waals surface area contributed by atoms with Crippen LogP contribution in [-0.2, 0) is 4.79 Å². The molecule has 1 aromatic rings. The van der Waals surface area contributed by atoms with Crippen molar-refractivity contribution in [3.8, 4) is 0 Å². The third-order valence-corrected chi connectivity index (χ3v) is 7.27. The number of Topliss-reactive ketones (excluding diaryl/α,β-unsaturated/α-hetero) is 1. The van der Waals surface area contributed by atoms with Gasteiger partial charge in [0, 0.05) is 23.5 Å². The van der Waals surface area contributed by atoms with Crippen molar-refractivity contribution in [2.75, 3.05) is 5.75 Å². The number of aliphatic hydroxyl groups is 1. The normalized spacial score (nSPS) is 22.2. The molecule has 1 saturated carbocycles. The second-order valence-electron chi connectivity index (χ2n) is 8.28. The van der Waals surface area contributed by atoms with Crippen molar-refractivity contribution in [1.82, 2.24) is 4.98 Å². The average Bonchev–Trinajstić information content (AvgIpc) is 3.22. The molecule has 2 N–H and O–H groups in total. The molecule has 1 aliphatic carbocycles. The summed E-state index contributed by atoms with van der Waals surface area (Å²) in [4.78, 5) is 27.2. The van der Waals surface area contributed by atoms with Crippen LogP contribution >= 0.6 is 23.1 Å². The van der Waals surface area contributed by atoms with Crippen molar-refractivity contribution in [2.24, 2.45) is 17.8 Å². The van der Waals surface area contributed by atoms with E-state index in [4.69, 9.17) is 5.11 Å². The number of hydrogen-bond donors (Lipinski definition) is 2. The molecule has 0 saturated heterocycles. The van der Waals surface area contributed by atoms with Crippen molar-refractivity contribution < 1.29 is 19.8 Å². The Morgan fingerprint density at radius 3 is 2.89 bits per heavy atom. The number of thioether (sulfide) groups is 1. The first-order valence-electron chi connectivity index (χ1n) is 9.91. The number of thiazole rings is 1. The van der Waals surface area contributed by atoms with Crippen LogP contribution in [0.1, 0.15) is 69.8 Å². The van der Waals surface area contributed by atoms with Crippen molar-refractivity contribution in [3.05, 3.63) is 23.2 Å². The summed E-state index contributed by atoms with van der Waals surface area (Å²) < 4.78 is 0.733. The SMILES string of the molecule is CC(C)CC[C@](C)(O)CC=C[C@H]1CCC(=O)[C@@H]1CCSc1nc(C(=O)O)cs1. The van der Waals surface area contributed by atoms with Gasteiger partial charge >= 0.3 is 5.97 Å². The lowest BCUT2D eigenvalue weighted by Crippen LogP contribution is -2.23. The smallest absolute Gasteiger partial charge is 0.355 e. The standard InChI is InChI=1S/C21H31NO4S2/c1-14(2)8-11-21(3,26)10-4-5-15-6-7-18(23)16(15)9-12-27-20-22-17(13-28-20)19(24)25/h4-5,13-16,26H,6-12H2,1-3H3,(H,24,25)/t15-,16+,21+/m0/s1. The largest absolute Gasteiger partial charge is 0.476 e. The Morgan fingerprint density at radius 2 is 2.25 bits per heavy atom. The Hall–Kier alpha value is -1.18. The molecule has 28 heavy (non-hydrogen) atoms. The monoisotopic (exact) mass is 425 g/mol. The number of carbonyl (C=O) groups excluding carboxylic acids is 1. The van der Waals surface area contributed by atoms with Crippen LogP contribution in [-0.4, -0.2) is 38.3 Å². The number of nitrogens with zero attached hydrogens (tertiary/aromatic N) is 1. The number of carboxylic acids is 1. The molecule has 7 heteroatoms. The molecule has 1 aromatic heterocycles. The molecule has 0 spiro atoms. The maximum absolute atomic E-state index is 12.3. The first-order chi connectivity index (χ1) is 13.2. The zero-order chi connectivity index (χ0) is 20.7. The summed E-state index contributed by atoms with van der Waals surface area (Å²) in [6.07, 6.45) is 8.83. The number of aromatic nitrogens is 1. The van der Waals surface area contributed by atoms with E-state index in [0.29, 0.717) is 24.5 Å². The highest BCUT2D eigenvalue weighted by atomic mass is 32.2. The molecule has 1 heterocycles. The minimum Gasteiger partial charge on any atom is -0.476 e. The van der Waals surface area contributed by atoms with E-state index in [9.17, 15) is 14.7 Å². The van der Waals surface area contributed by atoms with E-state index in [-0.39, 0.29) is 17.5 Å². The Balaban J connectivity index is 1.82. The van der Waals surface area contributed by atoms with E-state index < -0.39 is 11.6 Å². The maximum Gasteiger partial charge on any atom is 0.355 e. The highest BCUT2D eigenvalue weighted by Gasteiger charge is 2.32. The van der Waals surface area contributed by atoms with Crippen molar-refractivity contribution in [3.63, 3.8) is 0 Å². The number of carboxylic acid groups (broad SMARTS) is 1. The summed E-state index contributed by atoms with van der Waals surface area (Å²) >= 11 is 2.84. The van der Waals surface area contributed by atoms with Gasteiger partial charge in [-0.3, -0.25) is 4.79 Å². The van der Waals surface area contributed by atoms with Gasteiger partial charge in [0.25, 0.3) is 0 Å². The second-order valence-corrected chi connectivity index (χ2v) is 10.5. The first kappa shape index (κ1) is 23.1. The topological polar surface area (TPSA) is 87.5 Å². The van der Waals surface area contributed by atoms with Gasteiger partial charge in [-0.2, -0.15) is 0 Å². The van der Waals surface area contributed by atoms with Crippen LogP contribution in [0.2, 0.25) is 0 Å². The molecule has 0 unspecified atom stereocenters. The Labute approximate surface area is 175 Å². The molecule has 0 amide bonds. The fraction of sp³-hybridized carbons (Fsp3) is 0.667. The predicted octanol–water partition coefficient (Wildman–Crippen LogP) is 5.05. The van der Waals surface area contributed by atoms with Crippen LogP contribution in [0.5, 0.6) is 0 Å². The molecule has 156 valence electrons. The van der Waals surface area contributed by atoms with Crippen LogP contribution in [0.4, 0.5) is 0 Å². The molecule has 0 radical (unpaired) electrons. The molecule has 0 aliphatic heterocycles. The van der Waals surface area contributed by atoms with Crippen molar-refractivity contribution in [1.29, 1.82) is 0 Å². The number of carbonyl (C=O) groups is 2. The molecule has 1 fully saturated rings. The van der Waals surface area contributed by atoms with Crippen LogP contribution in [0.25, 0.3) is 0 Å². The molecular weight excluding hydrogens is 394 g/mol. The van der Waals surface area contributed by atoms with Gasteiger partial charge < -0.3 is 10.2 Å². The van der Waals surface area contributed by atoms with E-state index in [1.165, 1.54) is 23.1 Å². The van der Waals surface area contributed by atoms with Crippen molar-refractivity contribution >= 4 is 34.9 Å². The number of rotatable bonds is 11. The quantitative estimate of drug-likeness (QED) is 0.381. The van der Waals surface area contributed by atoms with Crippen LogP contribution in [0, 0.1) is 17.8 Å². The third-order valence-electron chi connectivity index (χ3n) is 5.21. The highest BCUT2D eigenvalue weighted by molar-refractivity contribution is 8.01. The Bertz CT molecular complexity index is 696. The van der Waals surface area contributed by atoms with Gasteiger partial charge in [-0.1, -0.05) is 37.8 Å². The molecular formula is C21H31NO4S2. The van der Waals surface area contributed by atoms with E-state index in [1.807, 2.05) is 13.0 Å². The van der Waals surface area contributed by atoms with Gasteiger partial charge in [0.15, 0.2) is 10.0 Å². The minimum absolute atomic E-state index is 0.0169. The number of allylic oxidation sites excluding steroid dienone is 1. The number of ketones is 1. The maximum atomic E-state index is 12.3. The summed E-state index contributed by atoms with van der Waals surface area (Å²) in [6, 6.07) is 0. The molecule has 3 atom stereocenters. The van der Waals surface area contributed by atoms with E-state index in [2.05, 4.69) is 24.9 Å². The van der Waals surface area contributed by atoms with Crippen LogP contribution in [0.3, 0.4) is 0 Å². The first-order valence-corrected chi connectivity index (χ1v) is 11.8. The number of aromatic carboxylic acids is 1. The Kier molecular flexibility index (Phi) is 8.71. The van der Waals surface area contributed by atoms with E-state index >= 15 is 0 Å². The fourth-order valence-electron chi connectivity index (χ4n) is 3.43. The zero-order valence-electron chi connectivity index (χ0n) is 16.9. The average molecular weight is 426 g/mol. The molecule has 0 aromatic carbocycles. The lowest BCUT2D eigenvalue weighted by molar-refractivity contribution is -0.121. The van der Waals surface area contributed by atoms with Gasteiger partial charge in [-0.05, 0) is 50.9 Å². The van der Waals surface area contributed by atoms with Gasteiger partial charge in [0.05, 0.1) is 5.60 Å². The van der Waals surface area contributed by atoms with E-state index in [1.54, 1.807) is 5.38 Å². The summed E-state index contributed by atoms with van der Waals surface area (Å²) in [6.45, 7) is 6.20. The molecule has 1 aliphatic rings. The van der Waals surface area contributed by atoms with Crippen LogP contribution < -0.4 is 0 Å². The highest BCUT2D eigenvalue weighted by Crippen LogP contribution is 2.35. The van der Waals surface area contributed by atoms with Crippen molar-refractivity contribution in [2.45, 2.75) is 69.2 Å².